The fraction of sp³-hybridized carbons (Fsp3) is 0.238. The van der Waals surface area contributed by atoms with Crippen LogP contribution in [-0.2, 0) is 6.54 Å². The zero-order valence-corrected chi connectivity index (χ0v) is 17.3. The van der Waals surface area contributed by atoms with Crippen molar-refractivity contribution in [3.8, 4) is 11.5 Å². The number of rotatable bonds is 5. The van der Waals surface area contributed by atoms with Crippen LogP contribution in [0.3, 0.4) is 0 Å². The fourth-order valence-corrected chi connectivity index (χ4v) is 3.40. The van der Waals surface area contributed by atoms with Gasteiger partial charge in [0.1, 0.15) is 11.5 Å². The average Bonchev–Trinajstić information content (AvgIpc) is 2.66. The van der Waals surface area contributed by atoms with Crippen molar-refractivity contribution < 1.29 is 14.3 Å². The minimum atomic E-state index is -0.0836. The predicted octanol–water partition coefficient (Wildman–Crippen LogP) is 4.60. The van der Waals surface area contributed by atoms with E-state index in [1.807, 2.05) is 49.4 Å². The molecule has 1 heterocycles. The number of nitrogens with zero attached hydrogens (tertiary/aromatic N) is 2. The van der Waals surface area contributed by atoms with E-state index in [1.165, 1.54) is 0 Å². The number of hydrogen-bond acceptors (Lipinski definition) is 4. The van der Waals surface area contributed by atoms with E-state index in [-0.39, 0.29) is 5.91 Å². The molecular formula is C21H21BrN2O3. The highest BCUT2D eigenvalue weighted by molar-refractivity contribution is 9.10. The van der Waals surface area contributed by atoms with E-state index in [0.717, 1.165) is 32.4 Å². The number of amides is 1. The van der Waals surface area contributed by atoms with Crippen LogP contribution in [-0.4, -0.2) is 37.1 Å². The van der Waals surface area contributed by atoms with Crippen LogP contribution in [0.15, 0.2) is 46.9 Å². The number of carbonyl (C=O) groups is 1. The van der Waals surface area contributed by atoms with Gasteiger partial charge in [0.15, 0.2) is 0 Å². The number of hydrogen-bond donors (Lipinski definition) is 0. The second-order valence-electron chi connectivity index (χ2n) is 6.30. The van der Waals surface area contributed by atoms with Crippen molar-refractivity contribution in [2.45, 2.75) is 13.5 Å². The number of methoxy groups -OCH3 is 2. The number of aromatic nitrogens is 1. The van der Waals surface area contributed by atoms with Crippen LogP contribution in [0.4, 0.5) is 0 Å². The molecule has 0 unspecified atom stereocenters. The van der Waals surface area contributed by atoms with Crippen molar-refractivity contribution in [3.63, 3.8) is 0 Å². The summed E-state index contributed by atoms with van der Waals surface area (Å²) in [6.07, 6.45) is 0. The van der Waals surface area contributed by atoms with E-state index in [4.69, 9.17) is 9.47 Å². The van der Waals surface area contributed by atoms with Gasteiger partial charge >= 0.3 is 0 Å². The third kappa shape index (κ3) is 4.06. The Bertz CT molecular complexity index is 1000. The Morgan fingerprint density at radius 3 is 2.59 bits per heavy atom. The first-order valence-corrected chi connectivity index (χ1v) is 9.25. The number of carbonyl (C=O) groups excluding carboxylic acids is 1. The van der Waals surface area contributed by atoms with Gasteiger partial charge in [-0.05, 0) is 43.3 Å². The molecule has 0 saturated heterocycles. The van der Waals surface area contributed by atoms with Crippen LogP contribution in [0.5, 0.6) is 11.5 Å². The second-order valence-corrected chi connectivity index (χ2v) is 7.21. The minimum absolute atomic E-state index is 0.0836. The molecule has 0 atom stereocenters. The lowest BCUT2D eigenvalue weighted by molar-refractivity contribution is 0.0783. The van der Waals surface area contributed by atoms with Crippen LogP contribution >= 0.6 is 15.9 Å². The maximum absolute atomic E-state index is 13.0. The number of ether oxygens (including phenoxy) is 2. The summed E-state index contributed by atoms with van der Waals surface area (Å²) >= 11 is 3.47. The highest BCUT2D eigenvalue weighted by atomic mass is 79.9. The number of aryl methyl sites for hydroxylation is 1. The van der Waals surface area contributed by atoms with Crippen molar-refractivity contribution in [1.29, 1.82) is 0 Å². The molecule has 0 radical (unpaired) electrons. The van der Waals surface area contributed by atoms with Crippen molar-refractivity contribution in [1.82, 2.24) is 9.88 Å². The highest BCUT2D eigenvalue weighted by Crippen LogP contribution is 2.26. The molecule has 1 amide bonds. The standard InChI is InChI=1S/C21H21BrN2O3/c1-13-18(10-14-5-7-17(26-3)11-19(14)23-13)21(25)24(2)12-15-9-16(22)6-8-20(15)27-4/h5-11H,12H2,1-4H3. The molecule has 5 nitrogen and oxygen atoms in total. The van der Waals surface area contributed by atoms with Crippen LogP contribution < -0.4 is 9.47 Å². The van der Waals surface area contributed by atoms with Crippen LogP contribution in [0.25, 0.3) is 10.9 Å². The molecule has 0 aliphatic rings. The lowest BCUT2D eigenvalue weighted by Crippen LogP contribution is -2.27. The Kier molecular flexibility index (Phi) is 5.65. The number of halogens is 1. The van der Waals surface area contributed by atoms with Gasteiger partial charge in [0.05, 0.1) is 31.0 Å². The van der Waals surface area contributed by atoms with E-state index in [0.29, 0.717) is 17.8 Å². The Hall–Kier alpha value is -2.60. The van der Waals surface area contributed by atoms with Crippen molar-refractivity contribution in [3.05, 3.63) is 63.8 Å². The maximum atomic E-state index is 13.0. The van der Waals surface area contributed by atoms with Gasteiger partial charge in [-0.25, -0.2) is 0 Å². The molecule has 0 aliphatic heterocycles. The molecule has 2 aromatic carbocycles. The van der Waals surface area contributed by atoms with Crippen LogP contribution in [0.2, 0.25) is 0 Å². The number of pyridine rings is 1. The van der Waals surface area contributed by atoms with E-state index in [1.54, 1.807) is 26.2 Å². The monoisotopic (exact) mass is 428 g/mol. The molecule has 27 heavy (non-hydrogen) atoms. The molecule has 3 rings (SSSR count). The number of benzene rings is 2. The largest absolute Gasteiger partial charge is 0.497 e. The summed E-state index contributed by atoms with van der Waals surface area (Å²) < 4.78 is 11.6. The fourth-order valence-electron chi connectivity index (χ4n) is 2.99. The van der Waals surface area contributed by atoms with Crippen molar-refractivity contribution in [2.75, 3.05) is 21.3 Å². The molecule has 3 aromatic rings. The Morgan fingerprint density at radius 2 is 1.89 bits per heavy atom. The maximum Gasteiger partial charge on any atom is 0.255 e. The third-order valence-electron chi connectivity index (χ3n) is 4.44. The predicted molar refractivity (Wildman–Crippen MR) is 110 cm³/mol. The summed E-state index contributed by atoms with van der Waals surface area (Å²) in [5, 5.41) is 0.901. The number of fused-ring (bicyclic) bond motifs is 1. The molecular weight excluding hydrogens is 408 g/mol. The zero-order chi connectivity index (χ0) is 19.6. The van der Waals surface area contributed by atoms with E-state index < -0.39 is 0 Å². The lowest BCUT2D eigenvalue weighted by Gasteiger charge is -2.20. The third-order valence-corrected chi connectivity index (χ3v) is 4.94. The molecule has 0 aliphatic carbocycles. The summed E-state index contributed by atoms with van der Waals surface area (Å²) in [5.74, 6) is 1.41. The van der Waals surface area contributed by atoms with E-state index in [2.05, 4.69) is 20.9 Å². The Labute approximate surface area is 167 Å². The summed E-state index contributed by atoms with van der Waals surface area (Å²) in [5.41, 5.74) is 3.01. The van der Waals surface area contributed by atoms with E-state index in [9.17, 15) is 4.79 Å². The first-order valence-electron chi connectivity index (χ1n) is 8.46. The van der Waals surface area contributed by atoms with Crippen LogP contribution in [0, 0.1) is 6.92 Å². The summed E-state index contributed by atoms with van der Waals surface area (Å²) in [7, 11) is 5.03. The summed E-state index contributed by atoms with van der Waals surface area (Å²) in [6.45, 7) is 2.28. The van der Waals surface area contributed by atoms with Gasteiger partial charge < -0.3 is 14.4 Å². The quantitative estimate of drug-likeness (QED) is 0.595. The molecule has 6 heteroatoms. The van der Waals surface area contributed by atoms with Gasteiger partial charge in [0, 0.05) is 35.1 Å². The molecule has 1 aromatic heterocycles. The SMILES string of the molecule is COc1ccc2cc(C(=O)N(C)Cc3cc(Br)ccc3OC)c(C)nc2c1. The normalized spacial score (nSPS) is 10.7. The van der Waals surface area contributed by atoms with Crippen molar-refractivity contribution >= 4 is 32.7 Å². The topological polar surface area (TPSA) is 51.7 Å². The Morgan fingerprint density at radius 1 is 1.11 bits per heavy atom. The molecule has 0 saturated carbocycles. The molecule has 0 N–H and O–H groups in total. The zero-order valence-electron chi connectivity index (χ0n) is 15.7. The summed E-state index contributed by atoms with van der Waals surface area (Å²) in [6, 6.07) is 13.3. The van der Waals surface area contributed by atoms with Crippen molar-refractivity contribution in [2.24, 2.45) is 0 Å². The van der Waals surface area contributed by atoms with Gasteiger partial charge in [0.25, 0.3) is 5.91 Å². The molecule has 0 spiro atoms. The average molecular weight is 429 g/mol. The van der Waals surface area contributed by atoms with Gasteiger partial charge in [-0.2, -0.15) is 0 Å². The molecule has 0 bridgehead atoms. The van der Waals surface area contributed by atoms with Crippen LogP contribution in [0.1, 0.15) is 21.6 Å². The first kappa shape index (κ1) is 19.2. The second kappa shape index (κ2) is 7.96. The van der Waals surface area contributed by atoms with Gasteiger partial charge in [0.2, 0.25) is 0 Å². The minimum Gasteiger partial charge on any atom is -0.497 e. The highest BCUT2D eigenvalue weighted by Gasteiger charge is 2.18. The molecule has 0 fully saturated rings. The molecule has 140 valence electrons. The van der Waals surface area contributed by atoms with Gasteiger partial charge in [-0.15, -0.1) is 0 Å². The smallest absolute Gasteiger partial charge is 0.255 e. The first-order chi connectivity index (χ1) is 12.9. The van der Waals surface area contributed by atoms with E-state index >= 15 is 0 Å². The summed E-state index contributed by atoms with van der Waals surface area (Å²) in [4.78, 5) is 19.3. The Balaban J connectivity index is 1.91. The van der Waals surface area contributed by atoms with Gasteiger partial charge in [-0.3, -0.25) is 9.78 Å². The lowest BCUT2D eigenvalue weighted by atomic mass is 10.1. The van der Waals surface area contributed by atoms with Gasteiger partial charge in [-0.1, -0.05) is 15.9 Å².